The average molecular weight is 361 g/mol. The van der Waals surface area contributed by atoms with Crippen molar-refractivity contribution in [2.75, 3.05) is 20.2 Å². The molecule has 1 saturated carbocycles. The number of rotatable bonds is 2. The molecule has 2 aromatic heterocycles. The Morgan fingerprint density at radius 2 is 2.12 bits per heavy atom. The number of aromatic nitrogens is 2. The number of amides is 1. The first-order chi connectivity index (χ1) is 12.0. The molecule has 2 aliphatic rings. The van der Waals surface area contributed by atoms with Gasteiger partial charge in [0.1, 0.15) is 4.83 Å². The van der Waals surface area contributed by atoms with Gasteiger partial charge in [0.2, 0.25) is 0 Å². The predicted octanol–water partition coefficient (Wildman–Crippen LogP) is 1.71. The fourth-order valence-electron chi connectivity index (χ4n) is 3.96. The van der Waals surface area contributed by atoms with Crippen LogP contribution in [-0.4, -0.2) is 46.9 Å². The number of esters is 1. The van der Waals surface area contributed by atoms with Crippen LogP contribution in [0.15, 0.2) is 11.1 Å². The number of hydrogen-bond acceptors (Lipinski definition) is 6. The summed E-state index contributed by atoms with van der Waals surface area (Å²) in [5.41, 5.74) is 0.505. The number of H-pyrrole nitrogens is 1. The zero-order valence-electron chi connectivity index (χ0n) is 14.1. The first-order valence-corrected chi connectivity index (χ1v) is 9.12. The van der Waals surface area contributed by atoms with Gasteiger partial charge >= 0.3 is 5.97 Å². The number of carbonyl (C=O) groups is 2. The fourth-order valence-corrected chi connectivity index (χ4v) is 5.07. The molecule has 1 amide bonds. The van der Waals surface area contributed by atoms with E-state index in [1.54, 1.807) is 6.92 Å². The lowest BCUT2D eigenvalue weighted by molar-refractivity contribution is -0.143. The van der Waals surface area contributed by atoms with Crippen LogP contribution in [-0.2, 0) is 9.53 Å². The van der Waals surface area contributed by atoms with Gasteiger partial charge in [-0.25, -0.2) is 4.98 Å². The number of fused-ring (bicyclic) bond motifs is 1. The maximum absolute atomic E-state index is 12.9. The van der Waals surface area contributed by atoms with Gasteiger partial charge in [0.25, 0.3) is 11.5 Å². The van der Waals surface area contributed by atoms with Crippen molar-refractivity contribution >= 4 is 33.4 Å². The monoisotopic (exact) mass is 361 g/mol. The molecule has 1 aliphatic heterocycles. The first-order valence-electron chi connectivity index (χ1n) is 8.31. The number of thiophene rings is 1. The van der Waals surface area contributed by atoms with Crippen molar-refractivity contribution in [3.05, 3.63) is 27.1 Å². The third-order valence-electron chi connectivity index (χ3n) is 5.65. The van der Waals surface area contributed by atoms with E-state index in [9.17, 15) is 14.4 Å². The second kappa shape index (κ2) is 5.66. The molecule has 0 bridgehead atoms. The second-order valence-corrected chi connectivity index (χ2v) is 7.90. The molecular weight excluding hydrogens is 342 g/mol. The number of nitrogens with one attached hydrogen (secondary N) is 1. The lowest BCUT2D eigenvalue weighted by Crippen LogP contribution is -2.40. The molecule has 3 heterocycles. The highest BCUT2D eigenvalue weighted by Gasteiger charge is 2.59. The molecule has 25 heavy (non-hydrogen) atoms. The summed E-state index contributed by atoms with van der Waals surface area (Å²) in [6.45, 7) is 3.05. The highest BCUT2D eigenvalue weighted by atomic mass is 32.1. The van der Waals surface area contributed by atoms with Crippen molar-refractivity contribution in [2.45, 2.75) is 26.2 Å². The number of aryl methyl sites for hydroxylation is 1. The maximum atomic E-state index is 12.9. The van der Waals surface area contributed by atoms with E-state index >= 15 is 0 Å². The second-order valence-electron chi connectivity index (χ2n) is 6.90. The molecule has 1 spiro atoms. The minimum Gasteiger partial charge on any atom is -0.469 e. The molecule has 1 N–H and O–H groups in total. The van der Waals surface area contributed by atoms with Gasteiger partial charge < -0.3 is 14.6 Å². The van der Waals surface area contributed by atoms with E-state index in [0.29, 0.717) is 33.7 Å². The Morgan fingerprint density at radius 3 is 2.76 bits per heavy atom. The van der Waals surface area contributed by atoms with Gasteiger partial charge in [0, 0.05) is 13.1 Å². The molecule has 0 aromatic carbocycles. The molecule has 4 rings (SSSR count). The molecule has 1 unspecified atom stereocenters. The Balaban J connectivity index is 1.52. The molecule has 1 aliphatic carbocycles. The molecule has 7 nitrogen and oxygen atoms in total. The fraction of sp³-hybridized carbons (Fsp3) is 0.529. The van der Waals surface area contributed by atoms with Crippen LogP contribution in [0.1, 0.15) is 34.5 Å². The summed E-state index contributed by atoms with van der Waals surface area (Å²) in [6, 6.07) is 0. The normalized spacial score (nSPS) is 21.5. The van der Waals surface area contributed by atoms with Gasteiger partial charge in [-0.2, -0.15) is 0 Å². The summed E-state index contributed by atoms with van der Waals surface area (Å²) in [5.74, 6) is -0.195. The van der Waals surface area contributed by atoms with E-state index in [4.69, 9.17) is 4.74 Å². The third-order valence-corrected chi connectivity index (χ3v) is 6.84. The van der Waals surface area contributed by atoms with Crippen LogP contribution in [0.4, 0.5) is 0 Å². The summed E-state index contributed by atoms with van der Waals surface area (Å²) in [6.07, 6.45) is 3.87. The third kappa shape index (κ3) is 2.47. The van der Waals surface area contributed by atoms with Crippen molar-refractivity contribution in [2.24, 2.45) is 11.3 Å². The quantitative estimate of drug-likeness (QED) is 0.822. The van der Waals surface area contributed by atoms with Crippen LogP contribution < -0.4 is 5.56 Å². The van der Waals surface area contributed by atoms with E-state index in [2.05, 4.69) is 9.97 Å². The zero-order valence-corrected chi connectivity index (χ0v) is 14.9. The molecule has 2 fully saturated rings. The number of hydrogen-bond donors (Lipinski definition) is 1. The number of nitrogens with zero attached hydrogens (tertiary/aromatic N) is 2. The van der Waals surface area contributed by atoms with E-state index in [1.807, 2.05) is 4.90 Å². The van der Waals surface area contributed by atoms with E-state index in [0.717, 1.165) is 19.3 Å². The molecule has 132 valence electrons. The Bertz CT molecular complexity index is 924. The van der Waals surface area contributed by atoms with Crippen LogP contribution >= 0.6 is 11.3 Å². The number of methoxy groups -OCH3 is 1. The standard InChI is InChI=1S/C17H19N3O4S/c1-9-11-13(21)18-8-19-14(11)25-12(9)15(22)20-5-3-17(4-6-20)7-10(17)16(23)24-2/h8,10H,3-7H2,1-2H3,(H,18,19,21). The molecular formula is C17H19N3O4S. The van der Waals surface area contributed by atoms with Crippen LogP contribution in [0.3, 0.4) is 0 Å². The van der Waals surface area contributed by atoms with E-state index in [-0.39, 0.29) is 28.8 Å². The smallest absolute Gasteiger partial charge is 0.309 e. The number of aromatic amines is 1. The van der Waals surface area contributed by atoms with Crippen molar-refractivity contribution in [3.63, 3.8) is 0 Å². The Kier molecular flexibility index (Phi) is 3.68. The summed E-state index contributed by atoms with van der Waals surface area (Å²) in [5, 5.41) is 0.497. The SMILES string of the molecule is COC(=O)C1CC12CCN(C(=O)c1sc3nc[nH]c(=O)c3c1C)CC2. The summed E-state index contributed by atoms with van der Waals surface area (Å²) < 4.78 is 4.85. The van der Waals surface area contributed by atoms with Crippen LogP contribution in [0.2, 0.25) is 0 Å². The van der Waals surface area contributed by atoms with Crippen molar-refractivity contribution in [1.82, 2.24) is 14.9 Å². The van der Waals surface area contributed by atoms with Crippen molar-refractivity contribution < 1.29 is 14.3 Å². The van der Waals surface area contributed by atoms with Gasteiger partial charge in [-0.05, 0) is 37.2 Å². The van der Waals surface area contributed by atoms with Gasteiger partial charge in [-0.15, -0.1) is 11.3 Å². The minimum atomic E-state index is -0.214. The molecule has 2 aromatic rings. The Labute approximate surface area is 148 Å². The first kappa shape index (κ1) is 16.3. The van der Waals surface area contributed by atoms with Gasteiger partial charge in [-0.3, -0.25) is 14.4 Å². The molecule has 1 atom stereocenters. The van der Waals surface area contributed by atoms with E-state index < -0.39 is 0 Å². The molecule has 8 heteroatoms. The summed E-state index contributed by atoms with van der Waals surface area (Å²) >= 11 is 1.27. The topological polar surface area (TPSA) is 92.4 Å². The largest absolute Gasteiger partial charge is 0.469 e. The highest BCUT2D eigenvalue weighted by Crippen LogP contribution is 2.59. The minimum absolute atomic E-state index is 0.0106. The van der Waals surface area contributed by atoms with Gasteiger partial charge in [-0.1, -0.05) is 0 Å². The number of carbonyl (C=O) groups excluding carboxylic acids is 2. The zero-order chi connectivity index (χ0) is 17.8. The van der Waals surface area contributed by atoms with Crippen LogP contribution in [0, 0.1) is 18.3 Å². The predicted molar refractivity (Wildman–Crippen MR) is 92.7 cm³/mol. The molecule has 1 saturated heterocycles. The van der Waals surface area contributed by atoms with E-state index in [1.165, 1.54) is 24.8 Å². The lowest BCUT2D eigenvalue weighted by atomic mass is 9.90. The van der Waals surface area contributed by atoms with Gasteiger partial charge in [0.05, 0.1) is 29.6 Å². The van der Waals surface area contributed by atoms with Crippen LogP contribution in [0.25, 0.3) is 10.2 Å². The average Bonchev–Trinajstić information content (AvgIpc) is 3.20. The number of ether oxygens (including phenoxy) is 1. The Hall–Kier alpha value is -2.22. The highest BCUT2D eigenvalue weighted by molar-refractivity contribution is 7.20. The van der Waals surface area contributed by atoms with Crippen LogP contribution in [0.5, 0.6) is 0 Å². The molecule has 0 radical (unpaired) electrons. The van der Waals surface area contributed by atoms with Crippen molar-refractivity contribution in [3.8, 4) is 0 Å². The summed E-state index contributed by atoms with van der Waals surface area (Å²) in [4.78, 5) is 46.3. The number of piperidine rings is 1. The van der Waals surface area contributed by atoms with Crippen molar-refractivity contribution in [1.29, 1.82) is 0 Å². The maximum Gasteiger partial charge on any atom is 0.309 e. The number of likely N-dealkylation sites (tertiary alicyclic amines) is 1. The van der Waals surface area contributed by atoms with Gasteiger partial charge in [0.15, 0.2) is 0 Å². The Morgan fingerprint density at radius 1 is 1.40 bits per heavy atom. The lowest BCUT2D eigenvalue weighted by Gasteiger charge is -2.32. The summed E-state index contributed by atoms with van der Waals surface area (Å²) in [7, 11) is 1.42.